The zero-order chi connectivity index (χ0) is 14.3. The van der Waals surface area contributed by atoms with Gasteiger partial charge in [0.2, 0.25) is 5.91 Å². The Morgan fingerprint density at radius 1 is 1.21 bits per heavy atom. The first-order chi connectivity index (χ1) is 9.08. The first kappa shape index (κ1) is 15.2. The molecule has 104 valence electrons. The molecule has 3 N–H and O–H groups in total. The lowest BCUT2D eigenvalue weighted by Gasteiger charge is -2.13. The number of benzene rings is 1. The molecule has 2 amide bonds. The molecule has 0 aliphatic carbocycles. The number of nitrogens with one attached hydrogen (secondary N) is 3. The van der Waals surface area contributed by atoms with Crippen LogP contribution in [0.1, 0.15) is 29.8 Å². The number of hydrogen-bond donors (Lipinski definition) is 3. The molecule has 1 rings (SSSR count). The topological polar surface area (TPSA) is 70.2 Å². The molecule has 0 aromatic heterocycles. The van der Waals surface area contributed by atoms with Gasteiger partial charge in [-0.15, -0.1) is 0 Å². The number of carbonyl (C=O) groups excluding carboxylic acids is 2. The molecule has 0 heterocycles. The van der Waals surface area contributed by atoms with E-state index in [9.17, 15) is 9.59 Å². The summed E-state index contributed by atoms with van der Waals surface area (Å²) in [6.45, 7) is 4.93. The molecule has 0 saturated carbocycles. The fourth-order valence-corrected chi connectivity index (χ4v) is 1.61. The lowest BCUT2D eigenvalue weighted by atomic mass is 10.1. The van der Waals surface area contributed by atoms with Gasteiger partial charge < -0.3 is 16.0 Å². The van der Waals surface area contributed by atoms with Crippen LogP contribution in [0.25, 0.3) is 0 Å². The van der Waals surface area contributed by atoms with Crippen LogP contribution in [0, 0.1) is 0 Å². The summed E-state index contributed by atoms with van der Waals surface area (Å²) in [6.07, 6.45) is 0. The van der Waals surface area contributed by atoms with Crippen molar-refractivity contribution < 1.29 is 9.59 Å². The smallest absolute Gasteiger partial charge is 0.251 e. The average Bonchev–Trinajstić information content (AvgIpc) is 2.44. The standard InChI is InChI=1S/C14H21N3O2/c1-4-16-13(18)10(2)17-9-11-5-7-12(8-6-11)14(19)15-3/h5-8,10,17H,4,9H2,1-3H3,(H,15,19)(H,16,18). The second-order valence-electron chi connectivity index (χ2n) is 4.27. The van der Waals surface area contributed by atoms with Crippen LogP contribution in [0.2, 0.25) is 0 Å². The van der Waals surface area contributed by atoms with Gasteiger partial charge in [0.15, 0.2) is 0 Å². The zero-order valence-corrected chi connectivity index (χ0v) is 11.6. The van der Waals surface area contributed by atoms with Crippen molar-refractivity contribution in [3.05, 3.63) is 35.4 Å². The summed E-state index contributed by atoms with van der Waals surface area (Å²) < 4.78 is 0. The van der Waals surface area contributed by atoms with Crippen molar-refractivity contribution in [2.45, 2.75) is 26.4 Å². The second-order valence-corrected chi connectivity index (χ2v) is 4.27. The van der Waals surface area contributed by atoms with Crippen LogP contribution in [-0.2, 0) is 11.3 Å². The van der Waals surface area contributed by atoms with Gasteiger partial charge in [0.1, 0.15) is 0 Å². The van der Waals surface area contributed by atoms with Gasteiger partial charge >= 0.3 is 0 Å². The average molecular weight is 263 g/mol. The molecule has 0 bridgehead atoms. The molecule has 19 heavy (non-hydrogen) atoms. The number of likely N-dealkylation sites (N-methyl/N-ethyl adjacent to an activating group) is 1. The highest BCUT2D eigenvalue weighted by molar-refractivity contribution is 5.93. The number of rotatable bonds is 6. The van der Waals surface area contributed by atoms with Crippen LogP contribution in [0.4, 0.5) is 0 Å². The minimum absolute atomic E-state index is 0.00974. The van der Waals surface area contributed by atoms with Crippen molar-refractivity contribution in [3.8, 4) is 0 Å². The molecule has 1 aromatic carbocycles. The molecule has 1 unspecified atom stereocenters. The van der Waals surface area contributed by atoms with Gasteiger partial charge in [-0.1, -0.05) is 12.1 Å². The normalized spacial score (nSPS) is 11.7. The van der Waals surface area contributed by atoms with E-state index >= 15 is 0 Å². The minimum Gasteiger partial charge on any atom is -0.355 e. The Hall–Kier alpha value is -1.88. The van der Waals surface area contributed by atoms with E-state index in [2.05, 4.69) is 16.0 Å². The Labute approximate surface area is 113 Å². The lowest BCUT2D eigenvalue weighted by Crippen LogP contribution is -2.41. The zero-order valence-electron chi connectivity index (χ0n) is 11.6. The summed E-state index contributed by atoms with van der Waals surface area (Å²) in [4.78, 5) is 22.9. The Balaban J connectivity index is 2.50. The van der Waals surface area contributed by atoms with Crippen molar-refractivity contribution in [2.24, 2.45) is 0 Å². The van der Waals surface area contributed by atoms with Crippen LogP contribution in [0.5, 0.6) is 0 Å². The fraction of sp³-hybridized carbons (Fsp3) is 0.429. The Morgan fingerprint density at radius 2 is 1.84 bits per heavy atom. The second kappa shape index (κ2) is 7.53. The molecule has 0 spiro atoms. The third kappa shape index (κ3) is 4.71. The van der Waals surface area contributed by atoms with E-state index in [4.69, 9.17) is 0 Å². The maximum absolute atomic E-state index is 11.5. The molecule has 0 radical (unpaired) electrons. The third-order valence-corrected chi connectivity index (χ3v) is 2.80. The van der Waals surface area contributed by atoms with Crippen molar-refractivity contribution in [3.63, 3.8) is 0 Å². The molecule has 5 heteroatoms. The summed E-state index contributed by atoms with van der Waals surface area (Å²) in [5.41, 5.74) is 1.66. The van der Waals surface area contributed by atoms with Crippen molar-refractivity contribution in [2.75, 3.05) is 13.6 Å². The van der Waals surface area contributed by atoms with Gasteiger partial charge in [0.05, 0.1) is 6.04 Å². The molecule has 0 fully saturated rings. The molecule has 0 aliphatic heterocycles. The fourth-order valence-electron chi connectivity index (χ4n) is 1.61. The van der Waals surface area contributed by atoms with Gasteiger partial charge in [0.25, 0.3) is 5.91 Å². The van der Waals surface area contributed by atoms with Gasteiger partial charge in [-0.3, -0.25) is 9.59 Å². The number of amides is 2. The lowest BCUT2D eigenvalue weighted by molar-refractivity contribution is -0.122. The van der Waals surface area contributed by atoms with E-state index in [-0.39, 0.29) is 17.9 Å². The van der Waals surface area contributed by atoms with Crippen LogP contribution in [0.15, 0.2) is 24.3 Å². The number of hydrogen-bond acceptors (Lipinski definition) is 3. The quantitative estimate of drug-likeness (QED) is 0.706. The van der Waals surface area contributed by atoms with Crippen LogP contribution in [0.3, 0.4) is 0 Å². The molecule has 5 nitrogen and oxygen atoms in total. The molecule has 0 saturated heterocycles. The van der Waals surface area contributed by atoms with E-state index in [1.807, 2.05) is 26.0 Å². The van der Waals surface area contributed by atoms with Crippen molar-refractivity contribution in [1.82, 2.24) is 16.0 Å². The summed E-state index contributed by atoms with van der Waals surface area (Å²) in [7, 11) is 1.60. The van der Waals surface area contributed by atoms with E-state index < -0.39 is 0 Å². The van der Waals surface area contributed by atoms with Gasteiger partial charge in [-0.05, 0) is 31.5 Å². The van der Waals surface area contributed by atoms with Crippen molar-refractivity contribution >= 4 is 11.8 Å². The summed E-state index contributed by atoms with van der Waals surface area (Å²) in [5, 5.41) is 8.46. The van der Waals surface area contributed by atoms with Crippen LogP contribution < -0.4 is 16.0 Å². The predicted octanol–water partition coefficient (Wildman–Crippen LogP) is 0.660. The summed E-state index contributed by atoms with van der Waals surface area (Å²) in [6, 6.07) is 7.06. The summed E-state index contributed by atoms with van der Waals surface area (Å²) >= 11 is 0. The van der Waals surface area contributed by atoms with Gasteiger partial charge in [-0.2, -0.15) is 0 Å². The van der Waals surface area contributed by atoms with Gasteiger partial charge in [0, 0.05) is 25.7 Å². The SMILES string of the molecule is CCNC(=O)C(C)NCc1ccc(C(=O)NC)cc1. The first-order valence-electron chi connectivity index (χ1n) is 6.40. The van der Waals surface area contributed by atoms with E-state index in [1.54, 1.807) is 19.2 Å². The molecule has 1 aromatic rings. The minimum atomic E-state index is -0.237. The maximum atomic E-state index is 11.5. The Morgan fingerprint density at radius 3 is 2.37 bits per heavy atom. The largest absolute Gasteiger partial charge is 0.355 e. The van der Waals surface area contributed by atoms with E-state index in [1.165, 1.54) is 0 Å². The molecular weight excluding hydrogens is 242 g/mol. The Kier molecular flexibility index (Phi) is 6.02. The first-order valence-corrected chi connectivity index (χ1v) is 6.40. The monoisotopic (exact) mass is 263 g/mol. The molecular formula is C14H21N3O2. The Bertz CT molecular complexity index is 429. The summed E-state index contributed by atoms with van der Waals surface area (Å²) in [5.74, 6) is -0.111. The molecule has 1 atom stereocenters. The van der Waals surface area contributed by atoms with Crippen molar-refractivity contribution in [1.29, 1.82) is 0 Å². The van der Waals surface area contributed by atoms with Crippen LogP contribution in [-0.4, -0.2) is 31.4 Å². The van der Waals surface area contributed by atoms with E-state index in [0.29, 0.717) is 18.7 Å². The van der Waals surface area contributed by atoms with E-state index in [0.717, 1.165) is 5.56 Å². The number of carbonyl (C=O) groups is 2. The highest BCUT2D eigenvalue weighted by Gasteiger charge is 2.10. The highest BCUT2D eigenvalue weighted by atomic mass is 16.2. The highest BCUT2D eigenvalue weighted by Crippen LogP contribution is 2.04. The third-order valence-electron chi connectivity index (χ3n) is 2.80. The maximum Gasteiger partial charge on any atom is 0.251 e. The predicted molar refractivity (Wildman–Crippen MR) is 74.8 cm³/mol. The van der Waals surface area contributed by atoms with Crippen LogP contribution >= 0.6 is 0 Å². The van der Waals surface area contributed by atoms with Gasteiger partial charge in [-0.25, -0.2) is 0 Å². The molecule has 0 aliphatic rings.